The summed E-state index contributed by atoms with van der Waals surface area (Å²) in [6.45, 7) is 1.66. The SMILES string of the molecule is Cc1ccc(Cl)cc1NC(=O)Cn1nc(-c2ccc(Cl)cc2)ccc1=O. The zero-order valence-electron chi connectivity index (χ0n) is 13.9. The van der Waals surface area contributed by atoms with Gasteiger partial charge in [-0.1, -0.05) is 41.4 Å². The fraction of sp³-hybridized carbons (Fsp3) is 0.105. The van der Waals surface area contributed by atoms with Gasteiger partial charge in [0, 0.05) is 27.4 Å². The molecule has 7 heteroatoms. The van der Waals surface area contributed by atoms with Crippen molar-refractivity contribution in [2.24, 2.45) is 0 Å². The first-order valence-electron chi connectivity index (χ1n) is 7.82. The second kappa shape index (κ2) is 7.72. The molecule has 0 atom stereocenters. The van der Waals surface area contributed by atoms with Gasteiger partial charge in [0.15, 0.2) is 0 Å². The Labute approximate surface area is 160 Å². The number of aryl methyl sites for hydroxylation is 1. The molecule has 0 saturated carbocycles. The lowest BCUT2D eigenvalue weighted by atomic mass is 10.1. The molecule has 3 rings (SSSR count). The van der Waals surface area contributed by atoms with Crippen molar-refractivity contribution in [3.63, 3.8) is 0 Å². The number of hydrogen-bond donors (Lipinski definition) is 1. The van der Waals surface area contributed by atoms with Crippen LogP contribution in [0.2, 0.25) is 10.0 Å². The summed E-state index contributed by atoms with van der Waals surface area (Å²) in [5.74, 6) is -0.363. The van der Waals surface area contributed by atoms with Crippen LogP contribution in [0.1, 0.15) is 5.56 Å². The molecule has 0 bridgehead atoms. The van der Waals surface area contributed by atoms with Gasteiger partial charge in [-0.15, -0.1) is 0 Å². The maximum atomic E-state index is 12.3. The van der Waals surface area contributed by atoms with Gasteiger partial charge in [0.1, 0.15) is 6.54 Å². The third-order valence-corrected chi connectivity index (χ3v) is 4.26. The number of carbonyl (C=O) groups excluding carboxylic acids is 1. The second-order valence-corrected chi connectivity index (χ2v) is 6.60. The Morgan fingerprint density at radius 3 is 2.46 bits per heavy atom. The van der Waals surface area contributed by atoms with E-state index in [-0.39, 0.29) is 18.0 Å². The Hall–Kier alpha value is -2.63. The van der Waals surface area contributed by atoms with E-state index in [0.29, 0.717) is 21.4 Å². The van der Waals surface area contributed by atoms with Crippen LogP contribution in [-0.2, 0) is 11.3 Å². The summed E-state index contributed by atoms with van der Waals surface area (Å²) in [5.41, 5.74) is 2.49. The van der Waals surface area contributed by atoms with Crippen molar-refractivity contribution < 1.29 is 4.79 Å². The van der Waals surface area contributed by atoms with Crippen LogP contribution in [0.3, 0.4) is 0 Å². The lowest BCUT2D eigenvalue weighted by molar-refractivity contribution is -0.117. The van der Waals surface area contributed by atoms with Crippen LogP contribution in [0, 0.1) is 6.92 Å². The molecule has 0 fully saturated rings. The van der Waals surface area contributed by atoms with Crippen LogP contribution >= 0.6 is 23.2 Å². The first-order valence-corrected chi connectivity index (χ1v) is 8.58. The van der Waals surface area contributed by atoms with Crippen molar-refractivity contribution in [1.82, 2.24) is 9.78 Å². The predicted octanol–water partition coefficient (Wildman–Crippen LogP) is 4.16. The number of carbonyl (C=O) groups is 1. The molecule has 0 saturated heterocycles. The van der Waals surface area contributed by atoms with E-state index in [1.807, 2.05) is 13.0 Å². The van der Waals surface area contributed by atoms with Crippen molar-refractivity contribution in [3.8, 4) is 11.3 Å². The Morgan fingerprint density at radius 1 is 1.04 bits per heavy atom. The smallest absolute Gasteiger partial charge is 0.267 e. The highest BCUT2D eigenvalue weighted by Crippen LogP contribution is 2.20. The van der Waals surface area contributed by atoms with Gasteiger partial charge in [-0.05, 0) is 42.8 Å². The lowest BCUT2D eigenvalue weighted by Gasteiger charge is -2.10. The van der Waals surface area contributed by atoms with Crippen LogP contribution < -0.4 is 10.9 Å². The Balaban J connectivity index is 1.81. The van der Waals surface area contributed by atoms with E-state index in [1.165, 1.54) is 6.07 Å². The summed E-state index contributed by atoms with van der Waals surface area (Å²) in [4.78, 5) is 24.4. The van der Waals surface area contributed by atoms with Gasteiger partial charge >= 0.3 is 0 Å². The van der Waals surface area contributed by atoms with Crippen LogP contribution in [0.4, 0.5) is 5.69 Å². The average molecular weight is 388 g/mol. The fourth-order valence-electron chi connectivity index (χ4n) is 2.39. The van der Waals surface area contributed by atoms with Crippen LogP contribution in [0.5, 0.6) is 0 Å². The normalized spacial score (nSPS) is 10.6. The van der Waals surface area contributed by atoms with E-state index in [2.05, 4.69) is 10.4 Å². The Kier molecular flexibility index (Phi) is 5.40. The minimum absolute atomic E-state index is 0.202. The van der Waals surface area contributed by atoms with Crippen LogP contribution in [0.15, 0.2) is 59.4 Å². The number of benzene rings is 2. The quantitative estimate of drug-likeness (QED) is 0.730. The number of anilines is 1. The maximum Gasteiger partial charge on any atom is 0.267 e. The van der Waals surface area contributed by atoms with E-state index >= 15 is 0 Å². The molecule has 0 aliphatic heterocycles. The van der Waals surface area contributed by atoms with Gasteiger partial charge in [-0.25, -0.2) is 4.68 Å². The number of rotatable bonds is 4. The minimum atomic E-state index is -0.363. The largest absolute Gasteiger partial charge is 0.324 e. The molecule has 2 aromatic carbocycles. The topological polar surface area (TPSA) is 64.0 Å². The third-order valence-electron chi connectivity index (χ3n) is 3.77. The number of aromatic nitrogens is 2. The van der Waals surface area contributed by atoms with E-state index in [9.17, 15) is 9.59 Å². The summed E-state index contributed by atoms with van der Waals surface area (Å²) in [5, 5.41) is 8.15. The molecule has 1 N–H and O–H groups in total. The van der Waals surface area contributed by atoms with E-state index in [1.54, 1.807) is 42.5 Å². The highest BCUT2D eigenvalue weighted by Gasteiger charge is 2.10. The molecular weight excluding hydrogens is 373 g/mol. The van der Waals surface area contributed by atoms with Crippen molar-refractivity contribution >= 4 is 34.8 Å². The van der Waals surface area contributed by atoms with Crippen LogP contribution in [-0.4, -0.2) is 15.7 Å². The van der Waals surface area contributed by atoms with Crippen LogP contribution in [0.25, 0.3) is 11.3 Å². The van der Waals surface area contributed by atoms with Crippen molar-refractivity contribution in [1.29, 1.82) is 0 Å². The first-order chi connectivity index (χ1) is 12.4. The molecule has 1 heterocycles. The maximum absolute atomic E-state index is 12.3. The molecule has 0 spiro atoms. The highest BCUT2D eigenvalue weighted by atomic mass is 35.5. The van der Waals surface area contributed by atoms with Gasteiger partial charge in [-0.2, -0.15) is 5.10 Å². The zero-order valence-corrected chi connectivity index (χ0v) is 15.4. The average Bonchev–Trinajstić information content (AvgIpc) is 2.61. The third kappa shape index (κ3) is 4.31. The molecule has 1 amide bonds. The number of hydrogen-bond acceptors (Lipinski definition) is 3. The minimum Gasteiger partial charge on any atom is -0.324 e. The number of nitrogens with one attached hydrogen (secondary N) is 1. The molecule has 0 aliphatic rings. The van der Waals surface area contributed by atoms with Gasteiger partial charge in [0.05, 0.1) is 5.69 Å². The zero-order chi connectivity index (χ0) is 18.7. The summed E-state index contributed by atoms with van der Waals surface area (Å²) < 4.78 is 1.12. The molecule has 26 heavy (non-hydrogen) atoms. The summed E-state index contributed by atoms with van der Waals surface area (Å²) >= 11 is 11.8. The van der Waals surface area contributed by atoms with Crippen molar-refractivity contribution in [3.05, 3.63) is 80.6 Å². The van der Waals surface area contributed by atoms with Gasteiger partial charge < -0.3 is 5.32 Å². The summed E-state index contributed by atoms with van der Waals surface area (Å²) in [6.07, 6.45) is 0. The Bertz CT molecular complexity index is 1010. The number of nitrogens with zero attached hydrogens (tertiary/aromatic N) is 2. The molecule has 0 radical (unpaired) electrons. The standard InChI is InChI=1S/C19H15Cl2N3O2/c1-12-2-5-15(21)10-17(12)22-18(25)11-24-19(26)9-8-16(23-24)13-3-6-14(20)7-4-13/h2-10H,11H2,1H3,(H,22,25). The van der Waals surface area contributed by atoms with Gasteiger partial charge in [-0.3, -0.25) is 9.59 Å². The fourth-order valence-corrected chi connectivity index (χ4v) is 2.69. The first kappa shape index (κ1) is 18.2. The van der Waals surface area contributed by atoms with E-state index in [0.717, 1.165) is 15.8 Å². The molecule has 3 aromatic rings. The monoisotopic (exact) mass is 387 g/mol. The van der Waals surface area contributed by atoms with E-state index < -0.39 is 0 Å². The van der Waals surface area contributed by atoms with Crippen molar-refractivity contribution in [2.45, 2.75) is 13.5 Å². The molecule has 0 aliphatic carbocycles. The molecule has 0 unspecified atom stereocenters. The summed E-state index contributed by atoms with van der Waals surface area (Å²) in [7, 11) is 0. The predicted molar refractivity (Wildman–Crippen MR) is 104 cm³/mol. The molecular formula is C19H15Cl2N3O2. The molecule has 1 aromatic heterocycles. The molecule has 5 nitrogen and oxygen atoms in total. The van der Waals surface area contributed by atoms with Gasteiger partial charge in [0.25, 0.3) is 5.56 Å². The van der Waals surface area contributed by atoms with Gasteiger partial charge in [0.2, 0.25) is 5.91 Å². The Morgan fingerprint density at radius 2 is 1.73 bits per heavy atom. The lowest BCUT2D eigenvalue weighted by Crippen LogP contribution is -2.29. The number of amides is 1. The number of halogens is 2. The highest BCUT2D eigenvalue weighted by molar-refractivity contribution is 6.31. The molecule has 132 valence electrons. The summed E-state index contributed by atoms with van der Waals surface area (Å²) in [6, 6.07) is 15.3. The van der Waals surface area contributed by atoms with Crippen molar-refractivity contribution in [2.75, 3.05) is 5.32 Å². The van der Waals surface area contributed by atoms with E-state index in [4.69, 9.17) is 23.2 Å². The second-order valence-electron chi connectivity index (χ2n) is 5.73.